The number of hydrogen-bond donors (Lipinski definition) is 0. The van der Waals surface area contributed by atoms with E-state index in [1.165, 1.54) is 19.1 Å². The lowest BCUT2D eigenvalue weighted by molar-refractivity contribution is -0.581. The molecule has 0 atom stereocenters. The van der Waals surface area contributed by atoms with Crippen LogP contribution in [0.5, 0.6) is 0 Å². The van der Waals surface area contributed by atoms with Crippen LogP contribution in [0.4, 0.5) is 24.8 Å². The highest BCUT2D eigenvalue weighted by molar-refractivity contribution is 5.90. The lowest BCUT2D eigenvalue weighted by Gasteiger charge is -2.14. The van der Waals surface area contributed by atoms with Gasteiger partial charge in [-0.2, -0.15) is 27.3 Å². The molecule has 0 aliphatic carbocycles. The maximum atomic E-state index is 13.1. The fourth-order valence-corrected chi connectivity index (χ4v) is 5.11. The Hall–Kier alpha value is -4.27. The smallest absolute Gasteiger partial charge is 0.273 e. The number of aromatic nitrogens is 2. The number of rotatable bonds is 5. The lowest BCUT2D eigenvalue weighted by atomic mass is 10.0. The third kappa shape index (κ3) is 5.62. The molecule has 4 aromatic rings. The molecule has 0 aliphatic rings. The highest BCUT2D eigenvalue weighted by Gasteiger charge is 2.31. The van der Waals surface area contributed by atoms with Crippen molar-refractivity contribution in [1.29, 1.82) is 0 Å². The molecule has 0 saturated carbocycles. The van der Waals surface area contributed by atoms with Crippen LogP contribution >= 0.6 is 0 Å². The lowest BCUT2D eigenvalue weighted by Crippen LogP contribution is -2.32. The monoisotopic (exact) mass is 534 g/mol. The van der Waals surface area contributed by atoms with E-state index in [-0.39, 0.29) is 5.69 Å². The van der Waals surface area contributed by atoms with Crippen molar-refractivity contribution in [3.8, 4) is 11.4 Å². The van der Waals surface area contributed by atoms with Crippen LogP contribution in [0.25, 0.3) is 11.4 Å². The van der Waals surface area contributed by atoms with E-state index in [4.69, 9.17) is 0 Å². The van der Waals surface area contributed by atoms with Gasteiger partial charge in [0.05, 0.1) is 16.4 Å². The van der Waals surface area contributed by atoms with Crippen molar-refractivity contribution in [2.45, 2.75) is 54.6 Å². The molecule has 0 N–H and O–H groups in total. The molecule has 202 valence electrons. The first kappa shape index (κ1) is 27.8. The molecule has 9 heteroatoms. The number of imidazole rings is 1. The van der Waals surface area contributed by atoms with E-state index in [1.54, 1.807) is 0 Å². The number of alkyl halides is 3. The quantitative estimate of drug-likeness (QED) is 0.147. The molecule has 6 nitrogen and oxygen atoms in total. The standard InChI is InChI=1S/C30H31F3N5O/c1-18-14-20(3)27(21(4)15-18)36-12-13-37(28-22(5)16-19(2)17-23(28)6)29(36)34-35-38(24(7)39)26-10-8-25(9-11-26)30(31,32)33/h8-17H,1-7H3/q+1. The number of nitrogens with zero attached hydrogens (tertiary/aromatic N) is 5. The Bertz CT molecular complexity index is 1460. The number of carbonyl (C=O) groups is 1. The average molecular weight is 535 g/mol. The second-order valence-corrected chi connectivity index (χ2v) is 9.90. The summed E-state index contributed by atoms with van der Waals surface area (Å²) in [6.45, 7) is 13.4. The molecule has 3 aromatic carbocycles. The molecule has 0 radical (unpaired) electrons. The van der Waals surface area contributed by atoms with Gasteiger partial charge in [0.2, 0.25) is 5.91 Å². The first-order valence-corrected chi connectivity index (χ1v) is 12.5. The minimum atomic E-state index is -4.49. The first-order chi connectivity index (χ1) is 18.3. The minimum Gasteiger partial charge on any atom is -0.273 e. The molecule has 0 saturated heterocycles. The Morgan fingerprint density at radius 1 is 0.846 bits per heavy atom. The van der Waals surface area contributed by atoms with Crippen LogP contribution in [0.2, 0.25) is 0 Å². The van der Waals surface area contributed by atoms with E-state index < -0.39 is 17.6 Å². The van der Waals surface area contributed by atoms with Crippen LogP contribution in [0.1, 0.15) is 45.9 Å². The number of amides is 1. The summed E-state index contributed by atoms with van der Waals surface area (Å²) in [5, 5.41) is 9.76. The Labute approximate surface area is 226 Å². The van der Waals surface area contributed by atoms with Crippen molar-refractivity contribution >= 4 is 17.5 Å². The zero-order valence-corrected chi connectivity index (χ0v) is 23.1. The number of halogens is 3. The summed E-state index contributed by atoms with van der Waals surface area (Å²) in [5.74, 6) is -0.0631. The Morgan fingerprint density at radius 3 is 1.85 bits per heavy atom. The molecule has 0 unspecified atom stereocenters. The molecule has 0 fully saturated rings. The summed E-state index contributed by atoms with van der Waals surface area (Å²) in [6.07, 6.45) is -0.692. The van der Waals surface area contributed by atoms with Crippen LogP contribution in [0, 0.1) is 41.5 Å². The molecule has 39 heavy (non-hydrogen) atoms. The summed E-state index contributed by atoms with van der Waals surface area (Å²) in [4.78, 5) is 12.5. The Balaban J connectivity index is 1.91. The number of aryl methyl sites for hydroxylation is 6. The van der Waals surface area contributed by atoms with Gasteiger partial charge in [0.25, 0.3) is 0 Å². The van der Waals surface area contributed by atoms with Crippen LogP contribution in [-0.4, -0.2) is 10.5 Å². The first-order valence-electron chi connectivity index (χ1n) is 12.5. The number of hydrogen-bond acceptors (Lipinski definition) is 3. The fraction of sp³-hybridized carbons (Fsp3) is 0.267. The van der Waals surface area contributed by atoms with Crippen molar-refractivity contribution in [2.75, 3.05) is 5.01 Å². The van der Waals surface area contributed by atoms with Crippen LogP contribution < -0.4 is 9.58 Å². The van der Waals surface area contributed by atoms with Crippen molar-refractivity contribution in [2.24, 2.45) is 10.3 Å². The molecule has 0 aliphatic heterocycles. The summed E-state index contributed by atoms with van der Waals surface area (Å²) in [5.41, 5.74) is 7.64. The fourth-order valence-electron chi connectivity index (χ4n) is 5.11. The molecule has 4 rings (SSSR count). The van der Waals surface area contributed by atoms with Gasteiger partial charge in [-0.15, -0.1) is 0 Å². The van der Waals surface area contributed by atoms with E-state index >= 15 is 0 Å². The molecular formula is C30H31F3N5O+. The van der Waals surface area contributed by atoms with E-state index in [1.807, 2.05) is 63.1 Å². The molecule has 1 heterocycles. The molecule has 0 bridgehead atoms. The van der Waals surface area contributed by atoms with Crippen molar-refractivity contribution in [3.05, 3.63) is 99.9 Å². The SMILES string of the molecule is CC(=O)N(N=Nc1n(-c2c(C)cc(C)cc2C)cc[n+]1-c1c(C)cc(C)cc1C)c1ccc(C(F)(F)F)cc1. The summed E-state index contributed by atoms with van der Waals surface area (Å²) >= 11 is 0. The van der Waals surface area contributed by atoms with Gasteiger partial charge in [0, 0.05) is 12.1 Å². The van der Waals surface area contributed by atoms with Gasteiger partial charge in [-0.3, -0.25) is 4.79 Å². The van der Waals surface area contributed by atoms with E-state index in [9.17, 15) is 18.0 Å². The largest absolute Gasteiger partial charge is 0.433 e. The van der Waals surface area contributed by atoms with E-state index in [0.717, 1.165) is 61.9 Å². The van der Waals surface area contributed by atoms with Gasteiger partial charge >= 0.3 is 12.1 Å². The van der Waals surface area contributed by atoms with Gasteiger partial charge in [-0.25, -0.2) is 0 Å². The van der Waals surface area contributed by atoms with Gasteiger partial charge in [0.1, 0.15) is 23.8 Å². The number of carbonyl (C=O) groups excluding carboxylic acids is 1. The maximum absolute atomic E-state index is 13.1. The molecule has 1 amide bonds. The second-order valence-electron chi connectivity index (χ2n) is 9.90. The average Bonchev–Trinajstić information content (AvgIpc) is 3.20. The summed E-state index contributed by atoms with van der Waals surface area (Å²) in [6, 6.07) is 12.6. The zero-order valence-electron chi connectivity index (χ0n) is 23.1. The van der Waals surface area contributed by atoms with Gasteiger partial charge in [-0.1, -0.05) is 35.4 Å². The number of benzene rings is 3. The van der Waals surface area contributed by atoms with Crippen LogP contribution in [0.3, 0.4) is 0 Å². The molecule has 1 aromatic heterocycles. The summed E-state index contributed by atoms with van der Waals surface area (Å²) in [7, 11) is 0. The van der Waals surface area contributed by atoms with Gasteiger partial charge < -0.3 is 0 Å². The third-order valence-corrected chi connectivity index (χ3v) is 6.51. The third-order valence-electron chi connectivity index (χ3n) is 6.51. The highest BCUT2D eigenvalue weighted by Crippen LogP contribution is 2.31. The van der Waals surface area contributed by atoms with Crippen LogP contribution in [-0.2, 0) is 11.0 Å². The summed E-state index contributed by atoms with van der Waals surface area (Å²) < 4.78 is 43.1. The van der Waals surface area contributed by atoms with E-state index in [0.29, 0.717) is 5.95 Å². The van der Waals surface area contributed by atoms with E-state index in [2.05, 4.69) is 34.6 Å². The van der Waals surface area contributed by atoms with Crippen molar-refractivity contribution in [3.63, 3.8) is 0 Å². The molecular weight excluding hydrogens is 503 g/mol. The Morgan fingerprint density at radius 2 is 1.36 bits per heavy atom. The maximum Gasteiger partial charge on any atom is 0.433 e. The zero-order chi connectivity index (χ0) is 28.6. The number of anilines is 1. The molecule has 0 spiro atoms. The second kappa shape index (κ2) is 10.5. The Kier molecular flexibility index (Phi) is 7.46. The predicted molar refractivity (Wildman–Crippen MR) is 145 cm³/mol. The van der Waals surface area contributed by atoms with Crippen LogP contribution in [0.15, 0.2) is 71.3 Å². The minimum absolute atomic E-state index is 0.175. The topological polar surface area (TPSA) is 53.8 Å². The normalized spacial score (nSPS) is 11.8. The van der Waals surface area contributed by atoms with Crippen molar-refractivity contribution in [1.82, 2.24) is 4.57 Å². The van der Waals surface area contributed by atoms with Gasteiger partial charge in [0.15, 0.2) is 0 Å². The van der Waals surface area contributed by atoms with Crippen molar-refractivity contribution < 1.29 is 22.5 Å². The van der Waals surface area contributed by atoms with Gasteiger partial charge in [-0.05, 0) is 88.1 Å². The predicted octanol–water partition coefficient (Wildman–Crippen LogP) is 7.68. The highest BCUT2D eigenvalue weighted by atomic mass is 19.4.